The van der Waals surface area contributed by atoms with Crippen LogP contribution >= 0.6 is 0 Å². The lowest BCUT2D eigenvalue weighted by Crippen LogP contribution is -2.41. The standard InChI is InChI=1S/C17H28F3N/c1-2-12-21-16(13-6-4-3-5-7-13)14-8-10-15(11-9-14)17(18,19)20/h6,14-16,21H,2-5,7-12H2,1H3. The molecule has 1 N–H and O–H groups in total. The lowest BCUT2D eigenvalue weighted by atomic mass is 9.75. The molecule has 1 atom stereocenters. The van der Waals surface area contributed by atoms with E-state index in [1.54, 1.807) is 0 Å². The van der Waals surface area contributed by atoms with Crippen molar-refractivity contribution < 1.29 is 13.2 Å². The third-order valence-electron chi connectivity index (χ3n) is 5.05. The zero-order chi connectivity index (χ0) is 15.3. The highest BCUT2D eigenvalue weighted by molar-refractivity contribution is 5.15. The van der Waals surface area contributed by atoms with E-state index >= 15 is 0 Å². The van der Waals surface area contributed by atoms with Crippen LogP contribution in [0.3, 0.4) is 0 Å². The quantitative estimate of drug-likeness (QED) is 0.686. The van der Waals surface area contributed by atoms with Gasteiger partial charge in [0, 0.05) is 6.04 Å². The van der Waals surface area contributed by atoms with E-state index in [4.69, 9.17) is 0 Å². The van der Waals surface area contributed by atoms with Gasteiger partial charge in [0.25, 0.3) is 0 Å². The van der Waals surface area contributed by atoms with Gasteiger partial charge in [0.15, 0.2) is 0 Å². The highest BCUT2D eigenvalue weighted by Gasteiger charge is 2.42. The van der Waals surface area contributed by atoms with Crippen LogP contribution in [0, 0.1) is 11.8 Å². The number of alkyl halides is 3. The smallest absolute Gasteiger partial charge is 0.310 e. The summed E-state index contributed by atoms with van der Waals surface area (Å²) in [6.07, 6.45) is 6.20. The Bertz CT molecular complexity index is 340. The monoisotopic (exact) mass is 303 g/mol. The van der Waals surface area contributed by atoms with Crippen LogP contribution in [0.2, 0.25) is 0 Å². The normalized spacial score (nSPS) is 29.0. The average Bonchev–Trinajstić information content (AvgIpc) is 2.48. The molecule has 0 radical (unpaired) electrons. The van der Waals surface area contributed by atoms with Gasteiger partial charge in [-0.05, 0) is 70.3 Å². The van der Waals surface area contributed by atoms with Crippen LogP contribution in [0.4, 0.5) is 13.2 Å². The maximum atomic E-state index is 12.8. The molecule has 0 spiro atoms. The Balaban J connectivity index is 1.96. The van der Waals surface area contributed by atoms with Gasteiger partial charge in [-0.1, -0.05) is 18.6 Å². The predicted octanol–water partition coefficient (Wildman–Crippen LogP) is 5.22. The first-order chi connectivity index (χ1) is 10.0. The fourth-order valence-corrected chi connectivity index (χ4v) is 3.83. The summed E-state index contributed by atoms with van der Waals surface area (Å²) in [6.45, 7) is 3.10. The minimum absolute atomic E-state index is 0.311. The van der Waals surface area contributed by atoms with Gasteiger partial charge in [-0.2, -0.15) is 13.2 Å². The summed E-state index contributed by atoms with van der Waals surface area (Å²) >= 11 is 0. The Hall–Kier alpha value is -0.510. The van der Waals surface area contributed by atoms with Crippen molar-refractivity contribution in [1.29, 1.82) is 0 Å². The molecule has 0 bridgehead atoms. The van der Waals surface area contributed by atoms with E-state index in [1.165, 1.54) is 18.4 Å². The molecule has 0 saturated heterocycles. The third kappa shape index (κ3) is 4.73. The van der Waals surface area contributed by atoms with Crippen molar-refractivity contribution in [1.82, 2.24) is 5.32 Å². The number of hydrogen-bond donors (Lipinski definition) is 1. The molecule has 4 heteroatoms. The van der Waals surface area contributed by atoms with Crippen LogP contribution in [-0.4, -0.2) is 18.8 Å². The second-order valence-electron chi connectivity index (χ2n) is 6.61. The molecule has 0 aromatic rings. The molecule has 2 aliphatic carbocycles. The van der Waals surface area contributed by atoms with Gasteiger partial charge < -0.3 is 5.32 Å². The maximum absolute atomic E-state index is 12.8. The topological polar surface area (TPSA) is 12.0 Å². The summed E-state index contributed by atoms with van der Waals surface area (Å²) in [5.74, 6) is -0.680. The fourth-order valence-electron chi connectivity index (χ4n) is 3.83. The Morgan fingerprint density at radius 3 is 2.43 bits per heavy atom. The average molecular weight is 303 g/mol. The second kappa shape index (κ2) is 7.66. The number of allylic oxidation sites excluding steroid dienone is 1. The number of rotatable bonds is 5. The van der Waals surface area contributed by atoms with E-state index in [2.05, 4.69) is 18.3 Å². The number of halogens is 3. The molecule has 1 fully saturated rings. The van der Waals surface area contributed by atoms with Gasteiger partial charge >= 0.3 is 6.18 Å². The zero-order valence-electron chi connectivity index (χ0n) is 13.0. The van der Waals surface area contributed by atoms with E-state index in [9.17, 15) is 13.2 Å². The third-order valence-corrected chi connectivity index (χ3v) is 5.05. The largest absolute Gasteiger partial charge is 0.391 e. The van der Waals surface area contributed by atoms with E-state index < -0.39 is 12.1 Å². The summed E-state index contributed by atoms with van der Waals surface area (Å²) in [7, 11) is 0. The van der Waals surface area contributed by atoms with Crippen molar-refractivity contribution in [2.45, 2.75) is 76.9 Å². The van der Waals surface area contributed by atoms with Crippen LogP contribution in [0.5, 0.6) is 0 Å². The van der Waals surface area contributed by atoms with Crippen LogP contribution in [0.15, 0.2) is 11.6 Å². The van der Waals surface area contributed by atoms with Gasteiger partial charge in [0.05, 0.1) is 5.92 Å². The highest BCUT2D eigenvalue weighted by Crippen LogP contribution is 2.42. The van der Waals surface area contributed by atoms with Crippen LogP contribution in [0.1, 0.15) is 64.7 Å². The molecule has 21 heavy (non-hydrogen) atoms. The van der Waals surface area contributed by atoms with Crippen molar-refractivity contribution >= 4 is 0 Å². The minimum atomic E-state index is -4.00. The molecular formula is C17H28F3N. The molecule has 0 aromatic heterocycles. The van der Waals surface area contributed by atoms with Crippen molar-refractivity contribution in [3.8, 4) is 0 Å². The van der Waals surface area contributed by atoms with Gasteiger partial charge in [-0.3, -0.25) is 0 Å². The maximum Gasteiger partial charge on any atom is 0.391 e. The van der Waals surface area contributed by atoms with E-state index in [1.807, 2.05) is 0 Å². The molecule has 1 saturated carbocycles. The summed E-state index contributed by atoms with van der Waals surface area (Å²) in [5.41, 5.74) is 1.46. The predicted molar refractivity (Wildman–Crippen MR) is 80.1 cm³/mol. The molecule has 0 aliphatic heterocycles. The summed E-state index contributed by atoms with van der Waals surface area (Å²) < 4.78 is 38.4. The molecule has 0 aromatic carbocycles. The van der Waals surface area contributed by atoms with Crippen LogP contribution in [-0.2, 0) is 0 Å². The molecule has 1 nitrogen and oxygen atoms in total. The van der Waals surface area contributed by atoms with E-state index in [0.717, 1.165) is 25.8 Å². The summed E-state index contributed by atoms with van der Waals surface area (Å²) in [6, 6.07) is 0.319. The lowest BCUT2D eigenvalue weighted by molar-refractivity contribution is -0.184. The highest BCUT2D eigenvalue weighted by atomic mass is 19.4. The zero-order valence-corrected chi connectivity index (χ0v) is 13.0. The van der Waals surface area contributed by atoms with Crippen molar-refractivity contribution in [2.24, 2.45) is 11.8 Å². The summed E-state index contributed by atoms with van der Waals surface area (Å²) in [4.78, 5) is 0. The van der Waals surface area contributed by atoms with Gasteiger partial charge in [0.2, 0.25) is 0 Å². The number of nitrogens with one attached hydrogen (secondary N) is 1. The molecule has 1 unspecified atom stereocenters. The fraction of sp³-hybridized carbons (Fsp3) is 0.882. The molecular weight excluding hydrogens is 275 g/mol. The van der Waals surface area contributed by atoms with Gasteiger partial charge in [-0.25, -0.2) is 0 Å². The van der Waals surface area contributed by atoms with Gasteiger partial charge in [-0.15, -0.1) is 0 Å². The first kappa shape index (κ1) is 16.9. The number of hydrogen-bond acceptors (Lipinski definition) is 1. The molecule has 0 amide bonds. The van der Waals surface area contributed by atoms with Gasteiger partial charge in [0.1, 0.15) is 0 Å². The molecule has 2 rings (SSSR count). The Morgan fingerprint density at radius 1 is 1.19 bits per heavy atom. The summed E-state index contributed by atoms with van der Waals surface area (Å²) in [5, 5.41) is 3.61. The molecule has 122 valence electrons. The first-order valence-electron chi connectivity index (χ1n) is 8.51. The molecule has 0 heterocycles. The Morgan fingerprint density at radius 2 is 1.90 bits per heavy atom. The van der Waals surface area contributed by atoms with E-state index in [-0.39, 0.29) is 0 Å². The van der Waals surface area contributed by atoms with Crippen molar-refractivity contribution in [2.75, 3.05) is 6.54 Å². The van der Waals surface area contributed by atoms with Crippen LogP contribution < -0.4 is 5.32 Å². The second-order valence-corrected chi connectivity index (χ2v) is 6.61. The van der Waals surface area contributed by atoms with Crippen LogP contribution in [0.25, 0.3) is 0 Å². The SMILES string of the molecule is CCCNC(C1=CCCCC1)C1CCC(C(F)(F)F)CC1. The Kier molecular flexibility index (Phi) is 6.15. The molecule has 2 aliphatic rings. The lowest BCUT2D eigenvalue weighted by Gasteiger charge is -2.37. The minimum Gasteiger partial charge on any atom is -0.310 e. The van der Waals surface area contributed by atoms with E-state index in [0.29, 0.717) is 37.6 Å². The van der Waals surface area contributed by atoms with Crippen molar-refractivity contribution in [3.63, 3.8) is 0 Å². The van der Waals surface area contributed by atoms with Crippen molar-refractivity contribution in [3.05, 3.63) is 11.6 Å². The Labute approximate surface area is 126 Å². The first-order valence-corrected chi connectivity index (χ1v) is 8.51.